The van der Waals surface area contributed by atoms with Gasteiger partial charge in [-0.05, 0) is 79.7 Å². The summed E-state index contributed by atoms with van der Waals surface area (Å²) in [6.07, 6.45) is 1.45. The van der Waals surface area contributed by atoms with Gasteiger partial charge in [-0.1, -0.05) is 24.3 Å². The minimum absolute atomic E-state index is 0.0155. The van der Waals surface area contributed by atoms with Crippen LogP contribution in [-0.4, -0.2) is 35.2 Å². The van der Waals surface area contributed by atoms with Crippen LogP contribution < -0.4 is 20.7 Å². The summed E-state index contributed by atoms with van der Waals surface area (Å²) in [4.78, 5) is 39.7. The third-order valence-electron chi connectivity index (χ3n) is 5.93. The van der Waals surface area contributed by atoms with Crippen LogP contribution in [0, 0.1) is 5.82 Å². The van der Waals surface area contributed by atoms with Crippen LogP contribution in [0.3, 0.4) is 0 Å². The van der Waals surface area contributed by atoms with E-state index < -0.39 is 22.9 Å². The first-order valence-electron chi connectivity index (χ1n) is 12.8. The number of phenols is 1. The number of aromatic hydroxyl groups is 1. The van der Waals surface area contributed by atoms with Crippen molar-refractivity contribution in [3.05, 3.63) is 120 Å². The van der Waals surface area contributed by atoms with E-state index in [1.54, 1.807) is 67.6 Å². The van der Waals surface area contributed by atoms with Crippen molar-refractivity contribution in [1.29, 1.82) is 0 Å². The van der Waals surface area contributed by atoms with Crippen LogP contribution in [0.25, 0.3) is 6.08 Å². The molecule has 4 rings (SSSR count). The molecular weight excluding hydrogens is 557 g/mol. The molecule has 1 unspecified atom stereocenters. The summed E-state index contributed by atoms with van der Waals surface area (Å²) in [7, 11) is 1.43. The second-order valence-corrected chi connectivity index (χ2v) is 10.5. The van der Waals surface area contributed by atoms with Crippen LogP contribution in [0.4, 0.5) is 15.8 Å². The first-order valence-corrected chi connectivity index (χ1v) is 13.7. The number of ether oxygens (including phenoxy) is 1. The van der Waals surface area contributed by atoms with Gasteiger partial charge in [0.15, 0.2) is 0 Å². The van der Waals surface area contributed by atoms with Gasteiger partial charge in [0.2, 0.25) is 5.91 Å². The fraction of sp³-hybridized carbons (Fsp3) is 0.0938. The highest BCUT2D eigenvalue weighted by Crippen LogP contribution is 2.28. The number of carbonyl (C=O) groups is 3. The highest BCUT2D eigenvalue weighted by atomic mass is 32.2. The number of hydrogen-bond donors (Lipinski definition) is 4. The number of phenolic OH excluding ortho intramolecular Hbond substituents is 1. The van der Waals surface area contributed by atoms with E-state index in [2.05, 4.69) is 16.0 Å². The zero-order chi connectivity index (χ0) is 30.1. The molecule has 1 atom stereocenters. The SMILES string of the molecule is COc1cc(O)ccc1/C=C(/NC(=O)c1ccccc1)C(=O)Nc1cccc(SC(C)C(=O)Nc2ccc(F)cc2)c1. The van der Waals surface area contributed by atoms with Crippen molar-refractivity contribution in [3.63, 3.8) is 0 Å². The molecule has 10 heteroatoms. The number of rotatable bonds is 10. The quantitative estimate of drug-likeness (QED) is 0.133. The van der Waals surface area contributed by atoms with Gasteiger partial charge in [0.05, 0.1) is 12.4 Å². The molecule has 0 fully saturated rings. The van der Waals surface area contributed by atoms with Crippen molar-refractivity contribution in [3.8, 4) is 11.5 Å². The molecule has 8 nitrogen and oxygen atoms in total. The molecule has 4 N–H and O–H groups in total. The Labute approximate surface area is 246 Å². The van der Waals surface area contributed by atoms with Gasteiger partial charge in [0.1, 0.15) is 23.0 Å². The fourth-order valence-electron chi connectivity index (χ4n) is 3.80. The van der Waals surface area contributed by atoms with E-state index in [-0.39, 0.29) is 17.4 Å². The predicted molar refractivity (Wildman–Crippen MR) is 162 cm³/mol. The van der Waals surface area contributed by atoms with Gasteiger partial charge in [-0.3, -0.25) is 14.4 Å². The Kier molecular flexibility index (Phi) is 9.96. The van der Waals surface area contributed by atoms with Crippen LogP contribution >= 0.6 is 11.8 Å². The van der Waals surface area contributed by atoms with Crippen molar-refractivity contribution in [2.24, 2.45) is 0 Å². The van der Waals surface area contributed by atoms with Crippen molar-refractivity contribution in [1.82, 2.24) is 5.32 Å². The van der Waals surface area contributed by atoms with Crippen LogP contribution in [-0.2, 0) is 9.59 Å². The zero-order valence-electron chi connectivity index (χ0n) is 22.8. The summed E-state index contributed by atoms with van der Waals surface area (Å²) in [5.41, 5.74) is 1.68. The zero-order valence-corrected chi connectivity index (χ0v) is 23.6. The summed E-state index contributed by atoms with van der Waals surface area (Å²) in [5, 5.41) is 17.5. The maximum atomic E-state index is 13.4. The molecule has 0 spiro atoms. The third kappa shape index (κ3) is 8.21. The third-order valence-corrected chi connectivity index (χ3v) is 7.03. The summed E-state index contributed by atoms with van der Waals surface area (Å²) in [6.45, 7) is 1.74. The van der Waals surface area contributed by atoms with E-state index in [1.165, 1.54) is 61.3 Å². The van der Waals surface area contributed by atoms with Gasteiger partial charge in [0.25, 0.3) is 11.8 Å². The van der Waals surface area contributed by atoms with Crippen molar-refractivity contribution in [2.75, 3.05) is 17.7 Å². The number of carbonyl (C=O) groups excluding carboxylic acids is 3. The predicted octanol–water partition coefficient (Wildman–Crippen LogP) is 6.07. The summed E-state index contributed by atoms with van der Waals surface area (Å²) in [6, 6.07) is 25.3. The average molecular weight is 586 g/mol. The van der Waals surface area contributed by atoms with Crippen molar-refractivity contribution < 1.29 is 28.6 Å². The van der Waals surface area contributed by atoms with E-state index in [9.17, 15) is 23.9 Å². The first kappa shape index (κ1) is 29.9. The average Bonchev–Trinajstić information content (AvgIpc) is 2.99. The fourth-order valence-corrected chi connectivity index (χ4v) is 4.72. The van der Waals surface area contributed by atoms with Gasteiger partial charge in [0, 0.05) is 33.5 Å². The molecule has 4 aromatic carbocycles. The topological polar surface area (TPSA) is 117 Å². The first-order chi connectivity index (χ1) is 20.2. The number of methoxy groups -OCH3 is 1. The number of amides is 3. The molecular formula is C32H28FN3O5S. The summed E-state index contributed by atoms with van der Waals surface area (Å²) >= 11 is 1.28. The molecule has 0 saturated carbocycles. The lowest BCUT2D eigenvalue weighted by atomic mass is 10.1. The maximum Gasteiger partial charge on any atom is 0.272 e. The molecule has 0 aliphatic rings. The molecule has 0 radical (unpaired) electrons. The molecule has 0 aliphatic heterocycles. The van der Waals surface area contributed by atoms with E-state index in [4.69, 9.17) is 4.74 Å². The monoisotopic (exact) mass is 585 g/mol. The molecule has 0 bridgehead atoms. The Morgan fingerprint density at radius 2 is 1.62 bits per heavy atom. The van der Waals surface area contributed by atoms with Gasteiger partial charge < -0.3 is 25.8 Å². The van der Waals surface area contributed by atoms with E-state index in [0.29, 0.717) is 33.1 Å². The number of anilines is 2. The second kappa shape index (κ2) is 14.0. The van der Waals surface area contributed by atoms with Crippen LogP contribution in [0.5, 0.6) is 11.5 Å². The Bertz CT molecular complexity index is 1610. The second-order valence-electron chi connectivity index (χ2n) is 9.04. The minimum atomic E-state index is -0.598. The maximum absolute atomic E-state index is 13.4. The number of nitrogens with one attached hydrogen (secondary N) is 3. The lowest BCUT2D eigenvalue weighted by molar-refractivity contribution is -0.115. The number of hydrogen-bond acceptors (Lipinski definition) is 6. The standard InChI is InChI=1S/C32H28FN3O5S/c1-20(30(38)34-24-14-12-23(33)13-15-24)42-27-10-6-9-25(18-27)35-32(40)28(36-31(39)21-7-4-3-5-8-21)17-22-11-16-26(37)19-29(22)41-2/h3-20,37H,1-2H3,(H,34,38)(H,35,40)(H,36,39)/b28-17+. The molecule has 42 heavy (non-hydrogen) atoms. The molecule has 0 aliphatic carbocycles. The van der Waals surface area contributed by atoms with Crippen molar-refractivity contribution >= 4 is 46.9 Å². The van der Waals surface area contributed by atoms with E-state index in [1.807, 2.05) is 0 Å². The van der Waals surface area contributed by atoms with Gasteiger partial charge >= 0.3 is 0 Å². The van der Waals surface area contributed by atoms with Gasteiger partial charge in [-0.15, -0.1) is 11.8 Å². The normalized spacial score (nSPS) is 11.7. The minimum Gasteiger partial charge on any atom is -0.508 e. The summed E-state index contributed by atoms with van der Waals surface area (Å²) < 4.78 is 18.5. The molecule has 0 saturated heterocycles. The largest absolute Gasteiger partial charge is 0.508 e. The highest BCUT2D eigenvalue weighted by molar-refractivity contribution is 8.00. The highest BCUT2D eigenvalue weighted by Gasteiger charge is 2.18. The smallest absolute Gasteiger partial charge is 0.272 e. The number of halogens is 1. The lowest BCUT2D eigenvalue weighted by Gasteiger charge is -2.14. The summed E-state index contributed by atoms with van der Waals surface area (Å²) in [5.74, 6) is -1.45. The molecule has 3 amide bonds. The number of benzene rings is 4. The lowest BCUT2D eigenvalue weighted by Crippen LogP contribution is -2.30. The van der Waals surface area contributed by atoms with Gasteiger partial charge in [-0.2, -0.15) is 0 Å². The van der Waals surface area contributed by atoms with Crippen LogP contribution in [0.15, 0.2) is 108 Å². The van der Waals surface area contributed by atoms with Crippen molar-refractivity contribution in [2.45, 2.75) is 17.1 Å². The number of thioether (sulfide) groups is 1. The Morgan fingerprint density at radius 1 is 0.881 bits per heavy atom. The van der Waals surface area contributed by atoms with Gasteiger partial charge in [-0.25, -0.2) is 4.39 Å². The van der Waals surface area contributed by atoms with E-state index >= 15 is 0 Å². The van der Waals surface area contributed by atoms with Crippen LogP contribution in [0.2, 0.25) is 0 Å². The molecule has 4 aromatic rings. The van der Waals surface area contributed by atoms with Crippen LogP contribution in [0.1, 0.15) is 22.8 Å². The Morgan fingerprint density at radius 3 is 2.33 bits per heavy atom. The molecule has 214 valence electrons. The Hall–Kier alpha value is -5.09. The Balaban J connectivity index is 1.51. The molecule has 0 aromatic heterocycles. The molecule has 0 heterocycles. The van der Waals surface area contributed by atoms with E-state index in [0.717, 1.165) is 0 Å².